The van der Waals surface area contributed by atoms with Gasteiger partial charge in [0.2, 0.25) is 0 Å². The largest absolute Gasteiger partial charge is 0.444 e. The number of hydrogen-bond donors (Lipinski definition) is 1. The molecular weight excluding hydrogens is 310 g/mol. The third kappa shape index (κ3) is 5.76. The predicted molar refractivity (Wildman–Crippen MR) is 95.1 cm³/mol. The highest BCUT2D eigenvalue weighted by molar-refractivity contribution is 6.74. The number of carbonyl (C=O) groups is 1. The summed E-state index contributed by atoms with van der Waals surface area (Å²) in [5, 5.41) is 9.75. The van der Waals surface area contributed by atoms with E-state index in [1.807, 2.05) is 20.8 Å². The summed E-state index contributed by atoms with van der Waals surface area (Å²) >= 11 is 0. The van der Waals surface area contributed by atoms with Gasteiger partial charge in [-0.1, -0.05) is 20.8 Å². The number of likely N-dealkylation sites (tertiary alicyclic amines) is 1. The van der Waals surface area contributed by atoms with Crippen LogP contribution in [0.15, 0.2) is 0 Å². The molecule has 2 atom stereocenters. The van der Waals surface area contributed by atoms with Crippen molar-refractivity contribution < 1.29 is 19.1 Å². The van der Waals surface area contributed by atoms with Crippen LogP contribution in [0.5, 0.6) is 0 Å². The predicted octanol–water partition coefficient (Wildman–Crippen LogP) is 3.63. The first-order valence-electron chi connectivity index (χ1n) is 8.51. The van der Waals surface area contributed by atoms with Gasteiger partial charge < -0.3 is 19.2 Å². The molecule has 1 heterocycles. The van der Waals surface area contributed by atoms with Gasteiger partial charge in [0.05, 0.1) is 12.6 Å². The van der Waals surface area contributed by atoms with Crippen LogP contribution in [-0.4, -0.2) is 55.8 Å². The minimum atomic E-state index is -1.79. The van der Waals surface area contributed by atoms with Crippen LogP contribution in [0.25, 0.3) is 0 Å². The molecule has 0 radical (unpaired) electrons. The van der Waals surface area contributed by atoms with Gasteiger partial charge in [0.25, 0.3) is 0 Å². The maximum Gasteiger partial charge on any atom is 0.410 e. The van der Waals surface area contributed by atoms with Crippen molar-refractivity contribution in [3.8, 4) is 0 Å². The van der Waals surface area contributed by atoms with Crippen molar-refractivity contribution in [3.63, 3.8) is 0 Å². The number of aliphatic hydroxyl groups excluding tert-OH is 1. The lowest BCUT2D eigenvalue weighted by molar-refractivity contribution is 0.0170. The van der Waals surface area contributed by atoms with Crippen molar-refractivity contribution in [2.24, 2.45) is 5.92 Å². The van der Waals surface area contributed by atoms with Gasteiger partial charge in [-0.25, -0.2) is 4.79 Å². The fourth-order valence-corrected chi connectivity index (χ4v) is 3.48. The second-order valence-corrected chi connectivity index (χ2v) is 14.0. The summed E-state index contributed by atoms with van der Waals surface area (Å²) in [5.41, 5.74) is -0.521. The van der Waals surface area contributed by atoms with E-state index in [0.717, 1.165) is 6.42 Å². The highest BCUT2D eigenvalue weighted by atomic mass is 28.4. The third-order valence-corrected chi connectivity index (χ3v) is 9.33. The molecule has 1 amide bonds. The van der Waals surface area contributed by atoms with Gasteiger partial charge in [0.15, 0.2) is 8.32 Å². The van der Waals surface area contributed by atoms with E-state index in [0.29, 0.717) is 13.2 Å². The lowest BCUT2D eigenvalue weighted by Crippen LogP contribution is -2.43. The molecule has 0 aromatic rings. The first kappa shape index (κ1) is 20.5. The molecule has 1 aliphatic heterocycles. The van der Waals surface area contributed by atoms with E-state index in [1.54, 1.807) is 4.90 Å². The lowest BCUT2D eigenvalue weighted by Gasteiger charge is -2.37. The summed E-state index contributed by atoms with van der Waals surface area (Å²) in [5.74, 6) is 0.258. The summed E-state index contributed by atoms with van der Waals surface area (Å²) in [4.78, 5) is 14.0. The Hall–Kier alpha value is -0.593. The molecule has 1 N–H and O–H groups in total. The smallest absolute Gasteiger partial charge is 0.410 e. The average Bonchev–Trinajstić information content (AvgIpc) is 2.76. The van der Waals surface area contributed by atoms with E-state index in [2.05, 4.69) is 33.9 Å². The summed E-state index contributed by atoms with van der Waals surface area (Å²) in [6.07, 6.45) is 0.427. The summed E-state index contributed by atoms with van der Waals surface area (Å²) in [6, 6.07) is -0.169. The van der Waals surface area contributed by atoms with Crippen molar-refractivity contribution in [2.45, 2.75) is 77.7 Å². The molecule has 0 aliphatic carbocycles. The maximum absolute atomic E-state index is 12.3. The number of amides is 1. The second-order valence-electron chi connectivity index (χ2n) is 9.14. The summed E-state index contributed by atoms with van der Waals surface area (Å²) < 4.78 is 11.7. The van der Waals surface area contributed by atoms with Gasteiger partial charge in [-0.2, -0.15) is 0 Å². The number of hydrogen-bond acceptors (Lipinski definition) is 4. The van der Waals surface area contributed by atoms with E-state index in [9.17, 15) is 9.90 Å². The van der Waals surface area contributed by atoms with Gasteiger partial charge in [0, 0.05) is 19.1 Å². The fourth-order valence-electron chi connectivity index (χ4n) is 2.39. The van der Waals surface area contributed by atoms with E-state index in [1.165, 1.54) is 0 Å². The molecule has 23 heavy (non-hydrogen) atoms. The number of carbonyl (C=O) groups excluding carboxylic acids is 1. The number of rotatable bonds is 4. The molecule has 6 heteroatoms. The number of aliphatic hydroxyl groups is 1. The Morgan fingerprint density at radius 2 is 1.78 bits per heavy atom. The Morgan fingerprint density at radius 3 is 2.22 bits per heavy atom. The zero-order valence-corrected chi connectivity index (χ0v) is 17.1. The van der Waals surface area contributed by atoms with Crippen LogP contribution in [-0.2, 0) is 9.16 Å². The summed E-state index contributed by atoms with van der Waals surface area (Å²) in [7, 11) is -1.79. The van der Waals surface area contributed by atoms with Gasteiger partial charge in [0.1, 0.15) is 5.60 Å². The Bertz CT molecular complexity index is 412. The fraction of sp³-hybridized carbons (Fsp3) is 0.941. The van der Waals surface area contributed by atoms with Crippen molar-refractivity contribution in [1.82, 2.24) is 4.90 Å². The molecule has 0 bridgehead atoms. The molecule has 2 unspecified atom stereocenters. The third-order valence-electron chi connectivity index (χ3n) is 4.83. The Balaban J connectivity index is 2.64. The maximum atomic E-state index is 12.3. The van der Waals surface area contributed by atoms with E-state index >= 15 is 0 Å². The van der Waals surface area contributed by atoms with E-state index in [4.69, 9.17) is 9.16 Å². The molecule has 5 nitrogen and oxygen atoms in total. The Labute approximate surface area is 142 Å². The van der Waals surface area contributed by atoms with Crippen molar-refractivity contribution in [1.29, 1.82) is 0 Å². The Morgan fingerprint density at radius 1 is 1.22 bits per heavy atom. The zero-order chi connectivity index (χ0) is 18.1. The monoisotopic (exact) mass is 345 g/mol. The molecule has 0 aromatic carbocycles. The first-order valence-corrected chi connectivity index (χ1v) is 11.4. The molecule has 0 saturated carbocycles. The quantitative estimate of drug-likeness (QED) is 0.791. The standard InChI is InChI=1S/C17H35NO4Si/c1-16(2,3)22-15(20)18-10-13(9-14(18)11-19)12-21-23(7,8)17(4,5)6/h13-14,19H,9-12H2,1-8H3. The number of nitrogens with zero attached hydrogens (tertiary/aromatic N) is 1. The van der Waals surface area contributed by atoms with E-state index in [-0.39, 0.29) is 29.7 Å². The normalized spacial score (nSPS) is 23.3. The molecule has 0 aromatic heterocycles. The molecule has 1 fully saturated rings. The lowest BCUT2D eigenvalue weighted by atomic mass is 10.1. The highest BCUT2D eigenvalue weighted by Gasteiger charge is 2.41. The minimum Gasteiger partial charge on any atom is -0.444 e. The van der Waals surface area contributed by atoms with Crippen LogP contribution in [0.3, 0.4) is 0 Å². The van der Waals surface area contributed by atoms with Crippen molar-refractivity contribution in [3.05, 3.63) is 0 Å². The van der Waals surface area contributed by atoms with Crippen molar-refractivity contribution in [2.75, 3.05) is 19.8 Å². The van der Waals surface area contributed by atoms with Crippen LogP contribution in [0.1, 0.15) is 48.0 Å². The van der Waals surface area contributed by atoms with Crippen LogP contribution in [0, 0.1) is 5.92 Å². The van der Waals surface area contributed by atoms with E-state index < -0.39 is 13.9 Å². The second kappa shape index (κ2) is 7.11. The zero-order valence-electron chi connectivity index (χ0n) is 16.1. The van der Waals surface area contributed by atoms with Crippen LogP contribution in [0.2, 0.25) is 18.1 Å². The molecular formula is C17H35NO4Si. The molecule has 1 rings (SSSR count). The summed E-state index contributed by atoms with van der Waals surface area (Å²) in [6.45, 7) is 17.9. The molecule has 136 valence electrons. The van der Waals surface area contributed by atoms with Gasteiger partial charge >= 0.3 is 6.09 Å². The molecule has 1 aliphatic rings. The van der Waals surface area contributed by atoms with Gasteiger partial charge in [-0.05, 0) is 45.3 Å². The Kier molecular flexibility index (Phi) is 6.32. The topological polar surface area (TPSA) is 59.0 Å². The minimum absolute atomic E-state index is 0.0319. The first-order chi connectivity index (χ1) is 10.3. The SMILES string of the molecule is CC(C)(C)OC(=O)N1CC(CO[Si](C)(C)C(C)(C)C)CC1CO. The highest BCUT2D eigenvalue weighted by Crippen LogP contribution is 2.37. The molecule has 1 saturated heterocycles. The average molecular weight is 346 g/mol. The number of ether oxygens (including phenoxy) is 1. The van der Waals surface area contributed by atoms with Crippen LogP contribution < -0.4 is 0 Å². The van der Waals surface area contributed by atoms with Crippen molar-refractivity contribution >= 4 is 14.4 Å². The van der Waals surface area contributed by atoms with Gasteiger partial charge in [-0.15, -0.1) is 0 Å². The molecule has 0 spiro atoms. The van der Waals surface area contributed by atoms with Gasteiger partial charge in [-0.3, -0.25) is 0 Å². The van der Waals surface area contributed by atoms with Crippen LogP contribution in [0.4, 0.5) is 4.79 Å². The van der Waals surface area contributed by atoms with Crippen LogP contribution >= 0.6 is 0 Å².